The maximum Gasteiger partial charge on any atom is 0.264 e. The van der Waals surface area contributed by atoms with E-state index in [1.807, 2.05) is 0 Å². The van der Waals surface area contributed by atoms with Crippen LogP contribution in [0.2, 0.25) is 0 Å². The third-order valence-corrected chi connectivity index (χ3v) is 1.49. The van der Waals surface area contributed by atoms with Gasteiger partial charge in [0.1, 0.15) is 0 Å². The molecule has 1 saturated heterocycles. The fourth-order valence-electron chi connectivity index (χ4n) is 0.383. The minimum Gasteiger partial charge on any atom is -0.274 e. The van der Waals surface area contributed by atoms with Gasteiger partial charge in [0.2, 0.25) is 5.91 Å². The molecular formula is C3H5NO3S. The third kappa shape index (κ3) is 1.28. The Kier molecular flexibility index (Phi) is 1.59. The van der Waals surface area contributed by atoms with Gasteiger partial charge >= 0.3 is 0 Å². The Morgan fingerprint density at radius 1 is 1.75 bits per heavy atom. The molecule has 1 fully saturated rings. The molecule has 0 aromatic rings. The number of rotatable bonds is 0. The molecule has 1 amide bonds. The van der Waals surface area contributed by atoms with Crippen LogP contribution < -0.4 is 4.72 Å². The quantitative estimate of drug-likeness (QED) is 0.468. The van der Waals surface area contributed by atoms with Crippen molar-refractivity contribution in [3.8, 4) is 0 Å². The van der Waals surface area contributed by atoms with Gasteiger partial charge in [-0.2, -0.15) is 0 Å². The van der Waals surface area contributed by atoms with E-state index in [0.29, 0.717) is 6.42 Å². The van der Waals surface area contributed by atoms with Gasteiger partial charge in [0.15, 0.2) is 0 Å². The molecule has 0 radical (unpaired) electrons. The summed E-state index contributed by atoms with van der Waals surface area (Å²) in [6, 6.07) is 0. The topological polar surface area (TPSA) is 55.4 Å². The van der Waals surface area contributed by atoms with Gasteiger partial charge in [-0.15, -0.1) is 0 Å². The molecular weight excluding hydrogens is 130 g/mol. The highest BCUT2D eigenvalue weighted by molar-refractivity contribution is 7.78. The van der Waals surface area contributed by atoms with Crippen molar-refractivity contribution < 1.29 is 13.2 Å². The summed E-state index contributed by atoms with van der Waals surface area (Å²) >= 11 is -1.57. The first kappa shape index (κ1) is 5.71. The fourth-order valence-corrected chi connectivity index (χ4v) is 0.965. The van der Waals surface area contributed by atoms with Crippen LogP contribution in [-0.4, -0.2) is 16.7 Å². The Bertz CT molecular complexity index is 120. The van der Waals surface area contributed by atoms with E-state index in [2.05, 4.69) is 8.91 Å². The smallest absolute Gasteiger partial charge is 0.264 e. The second-order valence-electron chi connectivity index (χ2n) is 1.33. The standard InChI is InChI=1S/C3H5NO3S/c5-3-1-2-7-8(6)4-3/h1-2H2,(H,4,5). The van der Waals surface area contributed by atoms with E-state index >= 15 is 0 Å². The third-order valence-electron chi connectivity index (χ3n) is 0.717. The number of hydrogen-bond acceptors (Lipinski definition) is 3. The number of nitrogens with one attached hydrogen (secondary N) is 1. The van der Waals surface area contributed by atoms with Gasteiger partial charge < -0.3 is 0 Å². The molecule has 1 heterocycles. The Hall–Kier alpha value is -0.420. The number of hydrogen-bond donors (Lipinski definition) is 1. The molecule has 0 bridgehead atoms. The first-order chi connectivity index (χ1) is 3.79. The molecule has 0 aromatic carbocycles. The lowest BCUT2D eigenvalue weighted by atomic mass is 10.4. The van der Waals surface area contributed by atoms with Gasteiger partial charge in [-0.05, 0) is 0 Å². The predicted molar refractivity (Wildman–Crippen MR) is 26.9 cm³/mol. The first-order valence-corrected chi connectivity index (χ1v) is 3.21. The van der Waals surface area contributed by atoms with Crippen molar-refractivity contribution in [3.63, 3.8) is 0 Å². The molecule has 5 heteroatoms. The molecule has 1 aliphatic heterocycles. The summed E-state index contributed by atoms with van der Waals surface area (Å²) in [5, 5.41) is 0. The van der Waals surface area contributed by atoms with Crippen LogP contribution in [0.4, 0.5) is 0 Å². The lowest BCUT2D eigenvalue weighted by Crippen LogP contribution is -2.33. The van der Waals surface area contributed by atoms with Crippen molar-refractivity contribution in [2.24, 2.45) is 0 Å². The molecule has 1 aliphatic rings. The molecule has 0 aliphatic carbocycles. The minimum atomic E-state index is -1.57. The summed E-state index contributed by atoms with van der Waals surface area (Å²) in [5.41, 5.74) is 0. The largest absolute Gasteiger partial charge is 0.274 e. The Balaban J connectivity index is 2.45. The van der Waals surface area contributed by atoms with Crippen LogP contribution in [-0.2, 0) is 20.2 Å². The fraction of sp³-hybridized carbons (Fsp3) is 0.667. The van der Waals surface area contributed by atoms with Crippen molar-refractivity contribution in [3.05, 3.63) is 0 Å². The molecule has 1 unspecified atom stereocenters. The van der Waals surface area contributed by atoms with Gasteiger partial charge in [-0.1, -0.05) is 0 Å². The molecule has 46 valence electrons. The highest BCUT2D eigenvalue weighted by Crippen LogP contribution is 1.93. The molecule has 0 aromatic heterocycles. The Labute approximate surface area is 49.0 Å². The number of carbonyl (C=O) groups excluding carboxylic acids is 1. The van der Waals surface area contributed by atoms with Gasteiger partial charge in [0.05, 0.1) is 13.0 Å². The SMILES string of the molecule is O=C1CCOS(=O)N1. The molecule has 8 heavy (non-hydrogen) atoms. The summed E-state index contributed by atoms with van der Waals surface area (Å²) in [4.78, 5) is 10.3. The van der Waals surface area contributed by atoms with Crippen LogP contribution in [0, 0.1) is 0 Å². The van der Waals surface area contributed by atoms with E-state index in [-0.39, 0.29) is 12.5 Å². The lowest BCUT2D eigenvalue weighted by molar-refractivity contribution is -0.120. The zero-order chi connectivity index (χ0) is 5.98. The van der Waals surface area contributed by atoms with Crippen LogP contribution in [0.1, 0.15) is 6.42 Å². The summed E-state index contributed by atoms with van der Waals surface area (Å²) in [6.45, 7) is 0.262. The Morgan fingerprint density at radius 3 is 2.88 bits per heavy atom. The van der Waals surface area contributed by atoms with Crippen LogP contribution in [0.3, 0.4) is 0 Å². The normalized spacial score (nSPS) is 29.5. The molecule has 1 N–H and O–H groups in total. The molecule has 1 rings (SSSR count). The van der Waals surface area contributed by atoms with Crippen LogP contribution >= 0.6 is 0 Å². The second-order valence-corrected chi connectivity index (χ2v) is 2.24. The van der Waals surface area contributed by atoms with Gasteiger partial charge in [-0.25, -0.2) is 4.21 Å². The summed E-state index contributed by atoms with van der Waals surface area (Å²) < 4.78 is 16.8. The highest BCUT2D eigenvalue weighted by Gasteiger charge is 2.12. The van der Waals surface area contributed by atoms with Crippen molar-refractivity contribution in [1.82, 2.24) is 4.72 Å². The van der Waals surface area contributed by atoms with Crippen molar-refractivity contribution in [2.75, 3.05) is 6.61 Å². The van der Waals surface area contributed by atoms with Crippen molar-refractivity contribution in [2.45, 2.75) is 6.42 Å². The van der Waals surface area contributed by atoms with E-state index < -0.39 is 11.3 Å². The molecule has 0 saturated carbocycles. The van der Waals surface area contributed by atoms with Crippen LogP contribution in [0.15, 0.2) is 0 Å². The maximum atomic E-state index is 10.3. The Morgan fingerprint density at radius 2 is 2.50 bits per heavy atom. The summed E-state index contributed by atoms with van der Waals surface area (Å²) in [7, 11) is 0. The van der Waals surface area contributed by atoms with Crippen LogP contribution in [0.5, 0.6) is 0 Å². The van der Waals surface area contributed by atoms with E-state index in [1.165, 1.54) is 0 Å². The molecule has 4 nitrogen and oxygen atoms in total. The average Bonchev–Trinajstić information content (AvgIpc) is 1.64. The van der Waals surface area contributed by atoms with Crippen molar-refractivity contribution >= 4 is 17.2 Å². The maximum absolute atomic E-state index is 10.3. The molecule has 0 spiro atoms. The summed E-state index contributed by atoms with van der Waals surface area (Å²) in [5.74, 6) is -0.213. The minimum absolute atomic E-state index is 0.213. The van der Waals surface area contributed by atoms with E-state index in [9.17, 15) is 9.00 Å². The zero-order valence-corrected chi connectivity index (χ0v) is 4.86. The van der Waals surface area contributed by atoms with Gasteiger partial charge in [0.25, 0.3) is 11.3 Å². The summed E-state index contributed by atoms with van der Waals surface area (Å²) in [6.07, 6.45) is 0.311. The second kappa shape index (κ2) is 2.23. The highest BCUT2D eigenvalue weighted by atomic mass is 32.2. The van der Waals surface area contributed by atoms with E-state index in [4.69, 9.17) is 0 Å². The van der Waals surface area contributed by atoms with E-state index in [1.54, 1.807) is 0 Å². The number of amides is 1. The monoisotopic (exact) mass is 135 g/mol. The zero-order valence-electron chi connectivity index (χ0n) is 4.05. The lowest BCUT2D eigenvalue weighted by Gasteiger charge is -2.08. The predicted octanol–water partition coefficient (Wildman–Crippen LogP) is -0.898. The van der Waals surface area contributed by atoms with E-state index in [0.717, 1.165) is 0 Å². The molecule has 1 atom stereocenters. The van der Waals surface area contributed by atoms with Gasteiger partial charge in [-0.3, -0.25) is 13.7 Å². The van der Waals surface area contributed by atoms with Crippen LogP contribution in [0.25, 0.3) is 0 Å². The number of carbonyl (C=O) groups is 1. The van der Waals surface area contributed by atoms with Crippen molar-refractivity contribution in [1.29, 1.82) is 0 Å². The van der Waals surface area contributed by atoms with Gasteiger partial charge in [0, 0.05) is 0 Å². The average molecular weight is 135 g/mol. The first-order valence-electron chi connectivity index (χ1n) is 2.13.